The number of amides is 1. The summed E-state index contributed by atoms with van der Waals surface area (Å²) in [5.74, 6) is 1.71. The Balaban J connectivity index is 2.01. The first-order valence-corrected chi connectivity index (χ1v) is 7.74. The first-order valence-electron chi connectivity index (χ1n) is 7.74. The summed E-state index contributed by atoms with van der Waals surface area (Å²) in [7, 11) is 1.58. The molecule has 1 N–H and O–H groups in total. The van der Waals surface area contributed by atoms with Gasteiger partial charge in [-0.05, 0) is 31.4 Å². The Kier molecular flexibility index (Phi) is 5.73. The van der Waals surface area contributed by atoms with Gasteiger partial charge >= 0.3 is 0 Å². The van der Waals surface area contributed by atoms with Crippen molar-refractivity contribution in [2.75, 3.05) is 7.11 Å². The first-order chi connectivity index (χ1) is 11.0. The van der Waals surface area contributed by atoms with E-state index in [1.54, 1.807) is 7.11 Å². The molecule has 0 aliphatic heterocycles. The number of carbonyl (C=O) groups is 1. The van der Waals surface area contributed by atoms with Gasteiger partial charge in [-0.1, -0.05) is 26.0 Å². The molecule has 1 atom stereocenters. The molecule has 0 aliphatic rings. The Morgan fingerprint density at radius 1 is 1.26 bits per heavy atom. The van der Waals surface area contributed by atoms with Crippen molar-refractivity contribution in [3.8, 4) is 17.2 Å². The minimum Gasteiger partial charge on any atom is -0.496 e. The summed E-state index contributed by atoms with van der Waals surface area (Å²) in [5, 5.41) is 10.9. The molecule has 0 radical (unpaired) electrons. The number of rotatable bonds is 7. The molecule has 1 amide bonds. The Bertz CT molecular complexity index is 652. The van der Waals surface area contributed by atoms with Crippen LogP contribution in [0.2, 0.25) is 0 Å². The maximum atomic E-state index is 12.0. The molecule has 0 spiro atoms. The molecule has 1 unspecified atom stereocenters. The molecule has 0 saturated heterocycles. The van der Waals surface area contributed by atoms with Gasteiger partial charge in [0, 0.05) is 6.04 Å². The van der Waals surface area contributed by atoms with Crippen LogP contribution in [0, 0.1) is 5.92 Å². The van der Waals surface area contributed by atoms with E-state index in [-0.39, 0.29) is 18.4 Å². The second-order valence-corrected chi connectivity index (χ2v) is 5.98. The van der Waals surface area contributed by atoms with E-state index in [1.807, 2.05) is 31.2 Å². The third-order valence-corrected chi connectivity index (χ3v) is 3.35. The lowest BCUT2D eigenvalue weighted by atomic mass is 10.1. The number of nitrogens with zero attached hydrogens (tertiary/aromatic N) is 2. The number of ether oxygens (including phenoxy) is 1. The summed E-state index contributed by atoms with van der Waals surface area (Å²) in [5.41, 5.74) is 0.710. The normalized spacial score (nSPS) is 12.2. The van der Waals surface area contributed by atoms with Crippen LogP contribution in [0.25, 0.3) is 11.5 Å². The Morgan fingerprint density at radius 2 is 2.00 bits per heavy atom. The van der Waals surface area contributed by atoms with Gasteiger partial charge in [-0.3, -0.25) is 4.79 Å². The Morgan fingerprint density at radius 3 is 2.70 bits per heavy atom. The standard InChI is InChI=1S/C17H23N3O3/c1-11(2)9-12(3)18-15(21)10-16-19-20-17(23-16)13-7-5-6-8-14(13)22-4/h5-8,11-12H,9-10H2,1-4H3,(H,18,21). The summed E-state index contributed by atoms with van der Waals surface area (Å²) in [6, 6.07) is 7.50. The van der Waals surface area contributed by atoms with Gasteiger partial charge in [0.25, 0.3) is 5.89 Å². The van der Waals surface area contributed by atoms with Crippen LogP contribution in [-0.4, -0.2) is 29.3 Å². The lowest BCUT2D eigenvalue weighted by Crippen LogP contribution is -2.34. The van der Waals surface area contributed by atoms with E-state index in [0.29, 0.717) is 29.0 Å². The minimum atomic E-state index is -0.117. The minimum absolute atomic E-state index is 0.0740. The van der Waals surface area contributed by atoms with Crippen molar-refractivity contribution in [1.82, 2.24) is 15.5 Å². The fourth-order valence-corrected chi connectivity index (χ4v) is 2.48. The van der Waals surface area contributed by atoms with E-state index in [1.165, 1.54) is 0 Å². The van der Waals surface area contributed by atoms with Gasteiger partial charge in [0.15, 0.2) is 0 Å². The van der Waals surface area contributed by atoms with Crippen molar-refractivity contribution >= 4 is 5.91 Å². The van der Waals surface area contributed by atoms with Gasteiger partial charge in [-0.15, -0.1) is 10.2 Å². The zero-order valence-corrected chi connectivity index (χ0v) is 14.0. The van der Waals surface area contributed by atoms with Crippen molar-refractivity contribution in [2.45, 2.75) is 39.7 Å². The zero-order valence-electron chi connectivity index (χ0n) is 14.0. The van der Waals surface area contributed by atoms with Crippen LogP contribution in [0.5, 0.6) is 5.75 Å². The molecular weight excluding hydrogens is 294 g/mol. The van der Waals surface area contributed by atoms with Gasteiger partial charge in [0.05, 0.1) is 12.7 Å². The quantitative estimate of drug-likeness (QED) is 0.849. The van der Waals surface area contributed by atoms with Crippen LogP contribution in [-0.2, 0) is 11.2 Å². The van der Waals surface area contributed by atoms with E-state index in [0.717, 1.165) is 6.42 Å². The van der Waals surface area contributed by atoms with Crippen LogP contribution in [0.15, 0.2) is 28.7 Å². The molecule has 6 nitrogen and oxygen atoms in total. The first kappa shape index (κ1) is 17.0. The van der Waals surface area contributed by atoms with Gasteiger partial charge in [-0.2, -0.15) is 0 Å². The van der Waals surface area contributed by atoms with Crippen LogP contribution in [0.4, 0.5) is 0 Å². The highest BCUT2D eigenvalue weighted by molar-refractivity contribution is 5.77. The number of aromatic nitrogens is 2. The highest BCUT2D eigenvalue weighted by Crippen LogP contribution is 2.28. The monoisotopic (exact) mass is 317 g/mol. The average Bonchev–Trinajstić information content (AvgIpc) is 2.94. The fourth-order valence-electron chi connectivity index (χ4n) is 2.48. The van der Waals surface area contributed by atoms with Gasteiger partial charge in [0.2, 0.25) is 11.8 Å². The van der Waals surface area contributed by atoms with Gasteiger partial charge in [0.1, 0.15) is 12.2 Å². The zero-order chi connectivity index (χ0) is 16.8. The average molecular weight is 317 g/mol. The lowest BCUT2D eigenvalue weighted by Gasteiger charge is -2.15. The number of nitrogens with one attached hydrogen (secondary N) is 1. The van der Waals surface area contributed by atoms with Gasteiger partial charge in [-0.25, -0.2) is 0 Å². The highest BCUT2D eigenvalue weighted by atomic mass is 16.5. The van der Waals surface area contributed by atoms with E-state index in [4.69, 9.17) is 9.15 Å². The maximum absolute atomic E-state index is 12.0. The lowest BCUT2D eigenvalue weighted by molar-refractivity contribution is -0.121. The molecule has 6 heteroatoms. The molecule has 23 heavy (non-hydrogen) atoms. The SMILES string of the molecule is COc1ccccc1-c1nnc(CC(=O)NC(C)CC(C)C)o1. The number of hydrogen-bond acceptors (Lipinski definition) is 5. The summed E-state index contributed by atoms with van der Waals surface area (Å²) in [6.07, 6.45) is 1.01. The largest absolute Gasteiger partial charge is 0.496 e. The number of benzene rings is 1. The summed E-state index contributed by atoms with van der Waals surface area (Å²) < 4.78 is 10.9. The van der Waals surface area contributed by atoms with Gasteiger partial charge < -0.3 is 14.5 Å². The van der Waals surface area contributed by atoms with Crippen LogP contribution in [0.3, 0.4) is 0 Å². The van der Waals surface area contributed by atoms with Crippen LogP contribution in [0.1, 0.15) is 33.1 Å². The number of para-hydroxylation sites is 1. The van der Waals surface area contributed by atoms with Crippen molar-refractivity contribution in [1.29, 1.82) is 0 Å². The molecular formula is C17H23N3O3. The second-order valence-electron chi connectivity index (χ2n) is 5.98. The summed E-state index contributed by atoms with van der Waals surface area (Å²) >= 11 is 0. The topological polar surface area (TPSA) is 77.2 Å². The Labute approximate surface area is 136 Å². The molecule has 1 aromatic carbocycles. The Hall–Kier alpha value is -2.37. The molecule has 0 saturated carbocycles. The number of hydrogen-bond donors (Lipinski definition) is 1. The second kappa shape index (κ2) is 7.76. The van der Waals surface area contributed by atoms with Crippen molar-refractivity contribution < 1.29 is 13.9 Å². The van der Waals surface area contributed by atoms with E-state index in [2.05, 4.69) is 29.4 Å². The molecule has 1 heterocycles. The van der Waals surface area contributed by atoms with Crippen molar-refractivity contribution in [3.05, 3.63) is 30.2 Å². The fraction of sp³-hybridized carbons (Fsp3) is 0.471. The third-order valence-electron chi connectivity index (χ3n) is 3.35. The van der Waals surface area contributed by atoms with Crippen molar-refractivity contribution in [3.63, 3.8) is 0 Å². The van der Waals surface area contributed by atoms with E-state index in [9.17, 15) is 4.79 Å². The molecule has 0 bridgehead atoms. The number of carbonyl (C=O) groups excluding carboxylic acids is 1. The van der Waals surface area contributed by atoms with Crippen LogP contribution < -0.4 is 10.1 Å². The van der Waals surface area contributed by atoms with E-state index < -0.39 is 0 Å². The predicted octanol–water partition coefficient (Wildman–Crippen LogP) is 2.84. The molecule has 0 aliphatic carbocycles. The summed E-state index contributed by atoms with van der Waals surface area (Å²) in [4.78, 5) is 12.0. The summed E-state index contributed by atoms with van der Waals surface area (Å²) in [6.45, 7) is 6.24. The van der Waals surface area contributed by atoms with E-state index >= 15 is 0 Å². The van der Waals surface area contributed by atoms with Crippen LogP contribution >= 0.6 is 0 Å². The number of methoxy groups -OCH3 is 1. The third kappa shape index (κ3) is 4.81. The smallest absolute Gasteiger partial charge is 0.251 e. The molecule has 1 aromatic heterocycles. The molecule has 124 valence electrons. The molecule has 2 aromatic rings. The van der Waals surface area contributed by atoms with Crippen molar-refractivity contribution in [2.24, 2.45) is 5.92 Å². The maximum Gasteiger partial charge on any atom is 0.251 e. The predicted molar refractivity (Wildman–Crippen MR) is 87.0 cm³/mol. The molecule has 0 fully saturated rings. The highest BCUT2D eigenvalue weighted by Gasteiger charge is 2.16. The molecule has 2 rings (SSSR count).